The van der Waals surface area contributed by atoms with Crippen LogP contribution in [0.1, 0.15) is 17.4 Å². The third kappa shape index (κ3) is 3.01. The van der Waals surface area contributed by atoms with Crippen LogP contribution < -0.4 is 4.74 Å². The van der Waals surface area contributed by atoms with E-state index in [2.05, 4.69) is 9.97 Å². The maximum Gasteiger partial charge on any atom is 0.118 e. The molecule has 0 fully saturated rings. The Morgan fingerprint density at radius 2 is 2.00 bits per heavy atom. The highest BCUT2D eigenvalue weighted by atomic mass is 16.5. The molecule has 0 aliphatic rings. The van der Waals surface area contributed by atoms with Gasteiger partial charge < -0.3 is 9.84 Å². The average molecular weight is 230 g/mol. The van der Waals surface area contributed by atoms with E-state index >= 15 is 0 Å². The van der Waals surface area contributed by atoms with Gasteiger partial charge in [0.25, 0.3) is 0 Å². The molecule has 0 saturated heterocycles. The minimum atomic E-state index is -0.559. The predicted molar refractivity (Wildman–Crippen MR) is 63.7 cm³/mol. The fourth-order valence-corrected chi connectivity index (χ4v) is 1.58. The van der Waals surface area contributed by atoms with E-state index in [0.29, 0.717) is 6.42 Å². The SMILES string of the molecule is COc1ccc([C@@H](O)Cc2ccncn2)cc1. The van der Waals surface area contributed by atoms with E-state index in [9.17, 15) is 5.11 Å². The molecule has 0 amide bonds. The second-order valence-corrected chi connectivity index (χ2v) is 3.69. The van der Waals surface area contributed by atoms with Crippen LogP contribution in [-0.4, -0.2) is 22.2 Å². The fourth-order valence-electron chi connectivity index (χ4n) is 1.58. The third-order valence-electron chi connectivity index (χ3n) is 2.55. The Hall–Kier alpha value is -1.94. The fraction of sp³-hybridized carbons (Fsp3) is 0.231. The number of ether oxygens (including phenoxy) is 1. The minimum absolute atomic E-state index is 0.481. The van der Waals surface area contributed by atoms with Gasteiger partial charge in [-0.1, -0.05) is 12.1 Å². The summed E-state index contributed by atoms with van der Waals surface area (Å²) < 4.78 is 5.06. The summed E-state index contributed by atoms with van der Waals surface area (Å²) in [5.41, 5.74) is 1.67. The van der Waals surface area contributed by atoms with Crippen LogP contribution in [0.25, 0.3) is 0 Å². The summed E-state index contributed by atoms with van der Waals surface area (Å²) >= 11 is 0. The first kappa shape index (κ1) is 11.5. The summed E-state index contributed by atoms with van der Waals surface area (Å²) in [5, 5.41) is 10.0. The molecule has 88 valence electrons. The zero-order valence-corrected chi connectivity index (χ0v) is 9.58. The number of aliphatic hydroxyl groups excluding tert-OH is 1. The smallest absolute Gasteiger partial charge is 0.118 e. The maximum absolute atomic E-state index is 10.0. The van der Waals surface area contributed by atoms with Gasteiger partial charge in [0.15, 0.2) is 0 Å². The van der Waals surface area contributed by atoms with Crippen molar-refractivity contribution in [3.8, 4) is 5.75 Å². The van der Waals surface area contributed by atoms with Gasteiger partial charge in [0.1, 0.15) is 12.1 Å². The van der Waals surface area contributed by atoms with Crippen molar-refractivity contribution in [1.82, 2.24) is 9.97 Å². The Labute approximate surface area is 99.9 Å². The Bertz CT molecular complexity index is 457. The largest absolute Gasteiger partial charge is 0.497 e. The molecule has 0 spiro atoms. The maximum atomic E-state index is 10.0. The summed E-state index contributed by atoms with van der Waals surface area (Å²) in [5.74, 6) is 0.781. The molecule has 0 bridgehead atoms. The van der Waals surface area contributed by atoms with Gasteiger partial charge in [-0.05, 0) is 23.8 Å². The van der Waals surface area contributed by atoms with Crippen molar-refractivity contribution in [2.75, 3.05) is 7.11 Å². The van der Waals surface area contributed by atoms with E-state index in [1.54, 1.807) is 19.4 Å². The first-order valence-electron chi connectivity index (χ1n) is 5.36. The van der Waals surface area contributed by atoms with Crippen LogP contribution in [0.2, 0.25) is 0 Å². The van der Waals surface area contributed by atoms with Crippen LogP contribution in [0, 0.1) is 0 Å². The van der Waals surface area contributed by atoms with E-state index in [0.717, 1.165) is 17.0 Å². The highest BCUT2D eigenvalue weighted by Gasteiger charge is 2.09. The Morgan fingerprint density at radius 3 is 2.59 bits per heavy atom. The molecular formula is C13H14N2O2. The molecular weight excluding hydrogens is 216 g/mol. The summed E-state index contributed by atoms with van der Waals surface area (Å²) in [7, 11) is 1.62. The Balaban J connectivity index is 2.06. The van der Waals surface area contributed by atoms with Crippen molar-refractivity contribution >= 4 is 0 Å². The van der Waals surface area contributed by atoms with Crippen LogP contribution in [0.3, 0.4) is 0 Å². The number of aromatic nitrogens is 2. The molecule has 1 aromatic heterocycles. The van der Waals surface area contributed by atoms with Gasteiger partial charge in [0.2, 0.25) is 0 Å². The first-order valence-corrected chi connectivity index (χ1v) is 5.36. The molecule has 4 heteroatoms. The van der Waals surface area contributed by atoms with Gasteiger partial charge in [-0.15, -0.1) is 0 Å². The van der Waals surface area contributed by atoms with Gasteiger partial charge in [-0.2, -0.15) is 0 Å². The number of nitrogens with zero attached hydrogens (tertiary/aromatic N) is 2. The van der Waals surface area contributed by atoms with Crippen molar-refractivity contribution in [3.05, 3.63) is 54.1 Å². The number of methoxy groups -OCH3 is 1. The average Bonchev–Trinajstić information content (AvgIpc) is 2.40. The van der Waals surface area contributed by atoms with Crippen LogP contribution in [0.15, 0.2) is 42.9 Å². The van der Waals surface area contributed by atoms with E-state index in [4.69, 9.17) is 4.74 Å². The monoisotopic (exact) mass is 230 g/mol. The second kappa shape index (κ2) is 5.41. The lowest BCUT2D eigenvalue weighted by atomic mass is 10.0. The second-order valence-electron chi connectivity index (χ2n) is 3.69. The molecule has 2 rings (SSSR count). The lowest BCUT2D eigenvalue weighted by Crippen LogP contribution is -2.03. The number of benzene rings is 1. The van der Waals surface area contributed by atoms with Crippen molar-refractivity contribution in [2.24, 2.45) is 0 Å². The number of rotatable bonds is 4. The third-order valence-corrected chi connectivity index (χ3v) is 2.55. The molecule has 0 unspecified atom stereocenters. The van der Waals surface area contributed by atoms with Gasteiger partial charge in [0, 0.05) is 18.3 Å². The molecule has 4 nitrogen and oxygen atoms in total. The van der Waals surface area contributed by atoms with Gasteiger partial charge >= 0.3 is 0 Å². The number of hydrogen-bond donors (Lipinski definition) is 1. The summed E-state index contributed by atoms with van der Waals surface area (Å²) in [6, 6.07) is 9.17. The normalized spacial score (nSPS) is 12.1. The molecule has 0 saturated carbocycles. The molecule has 0 aliphatic heterocycles. The quantitative estimate of drug-likeness (QED) is 0.869. The number of aliphatic hydroxyl groups is 1. The standard InChI is InChI=1S/C13H14N2O2/c1-17-12-4-2-10(3-5-12)13(16)8-11-6-7-14-9-15-11/h2-7,9,13,16H,8H2,1H3/t13-/m0/s1. The summed E-state index contributed by atoms with van der Waals surface area (Å²) in [4.78, 5) is 7.92. The van der Waals surface area contributed by atoms with Crippen molar-refractivity contribution in [3.63, 3.8) is 0 Å². The van der Waals surface area contributed by atoms with E-state index in [-0.39, 0.29) is 0 Å². The Morgan fingerprint density at radius 1 is 1.24 bits per heavy atom. The summed E-state index contributed by atoms with van der Waals surface area (Å²) in [6.45, 7) is 0. The summed E-state index contributed by atoms with van der Waals surface area (Å²) in [6.07, 6.45) is 3.07. The lowest BCUT2D eigenvalue weighted by Gasteiger charge is -2.10. The van der Waals surface area contributed by atoms with Crippen LogP contribution in [0.4, 0.5) is 0 Å². The van der Waals surface area contributed by atoms with Gasteiger partial charge in [-0.3, -0.25) is 0 Å². The molecule has 2 aromatic rings. The molecule has 0 radical (unpaired) electrons. The van der Waals surface area contributed by atoms with E-state index in [1.807, 2.05) is 24.3 Å². The zero-order chi connectivity index (χ0) is 12.1. The van der Waals surface area contributed by atoms with Crippen molar-refractivity contribution < 1.29 is 9.84 Å². The molecule has 0 aliphatic carbocycles. The molecule has 17 heavy (non-hydrogen) atoms. The lowest BCUT2D eigenvalue weighted by molar-refractivity contribution is 0.177. The minimum Gasteiger partial charge on any atom is -0.497 e. The van der Waals surface area contributed by atoms with Crippen LogP contribution in [0.5, 0.6) is 5.75 Å². The Kier molecular flexibility index (Phi) is 3.67. The molecule has 1 atom stereocenters. The molecule has 1 heterocycles. The zero-order valence-electron chi connectivity index (χ0n) is 9.58. The van der Waals surface area contributed by atoms with Crippen LogP contribution >= 0.6 is 0 Å². The highest BCUT2D eigenvalue weighted by molar-refractivity contribution is 5.28. The highest BCUT2D eigenvalue weighted by Crippen LogP contribution is 2.20. The topological polar surface area (TPSA) is 55.2 Å². The van der Waals surface area contributed by atoms with Crippen molar-refractivity contribution in [2.45, 2.75) is 12.5 Å². The molecule has 1 N–H and O–H groups in total. The van der Waals surface area contributed by atoms with Gasteiger partial charge in [0.05, 0.1) is 13.2 Å². The van der Waals surface area contributed by atoms with E-state index in [1.165, 1.54) is 6.33 Å². The van der Waals surface area contributed by atoms with Crippen molar-refractivity contribution in [1.29, 1.82) is 0 Å². The predicted octanol–water partition coefficient (Wildman–Crippen LogP) is 1.76. The molecule has 1 aromatic carbocycles. The number of hydrogen-bond acceptors (Lipinski definition) is 4. The van der Waals surface area contributed by atoms with E-state index < -0.39 is 6.10 Å². The first-order chi connectivity index (χ1) is 8.29. The van der Waals surface area contributed by atoms with Gasteiger partial charge in [-0.25, -0.2) is 9.97 Å². The van der Waals surface area contributed by atoms with Crippen LogP contribution in [-0.2, 0) is 6.42 Å².